The Bertz CT molecular complexity index is 455. The summed E-state index contributed by atoms with van der Waals surface area (Å²) in [5.74, 6) is 0. The van der Waals surface area contributed by atoms with Crippen molar-refractivity contribution in [3.05, 3.63) is 33.3 Å². The summed E-state index contributed by atoms with van der Waals surface area (Å²) in [7, 11) is 2.14. The van der Waals surface area contributed by atoms with E-state index in [1.807, 2.05) is 18.2 Å². The van der Waals surface area contributed by atoms with Crippen molar-refractivity contribution in [1.29, 1.82) is 0 Å². The van der Waals surface area contributed by atoms with Gasteiger partial charge in [-0.2, -0.15) is 0 Å². The van der Waals surface area contributed by atoms with Crippen molar-refractivity contribution in [2.24, 2.45) is 0 Å². The van der Waals surface area contributed by atoms with Crippen LogP contribution in [0.3, 0.4) is 0 Å². The summed E-state index contributed by atoms with van der Waals surface area (Å²) in [6.45, 7) is 6.84. The van der Waals surface area contributed by atoms with Crippen LogP contribution in [0.5, 0.6) is 0 Å². The van der Waals surface area contributed by atoms with Gasteiger partial charge in [0.1, 0.15) is 0 Å². The lowest BCUT2D eigenvalue weighted by atomic mass is 9.98. The number of benzene rings is 1. The Balaban J connectivity index is 2.24. The molecule has 0 bridgehead atoms. The predicted molar refractivity (Wildman–Crippen MR) is 87.4 cm³/mol. The number of halogens is 2. The van der Waals surface area contributed by atoms with Crippen molar-refractivity contribution in [2.75, 3.05) is 26.7 Å². The van der Waals surface area contributed by atoms with Crippen LogP contribution in [0.2, 0.25) is 5.02 Å². The maximum atomic E-state index is 6.16. The normalized spacial score (nSPS) is 24.3. The number of nitrogens with one attached hydrogen (secondary N) is 1. The molecule has 1 aromatic rings. The second kappa shape index (κ2) is 7.23. The Morgan fingerprint density at radius 3 is 2.95 bits per heavy atom. The van der Waals surface area contributed by atoms with Crippen LogP contribution in [-0.2, 0) is 4.74 Å². The van der Waals surface area contributed by atoms with E-state index < -0.39 is 0 Å². The number of ether oxygens (including phenoxy) is 1. The van der Waals surface area contributed by atoms with E-state index in [-0.39, 0.29) is 12.1 Å². The Morgan fingerprint density at radius 2 is 2.25 bits per heavy atom. The monoisotopic (exact) mass is 360 g/mol. The van der Waals surface area contributed by atoms with Gasteiger partial charge in [-0.25, -0.2) is 0 Å². The van der Waals surface area contributed by atoms with E-state index in [9.17, 15) is 0 Å². The zero-order chi connectivity index (χ0) is 14.7. The second-order valence-electron chi connectivity index (χ2n) is 5.56. The maximum Gasteiger partial charge on any atom is 0.0896 e. The summed E-state index contributed by atoms with van der Waals surface area (Å²) in [4.78, 5) is 2.34. The number of morpholine rings is 1. The number of rotatable bonds is 4. The van der Waals surface area contributed by atoms with Gasteiger partial charge in [-0.15, -0.1) is 0 Å². The van der Waals surface area contributed by atoms with Gasteiger partial charge in [0.2, 0.25) is 0 Å². The Hall–Kier alpha value is -0.130. The first-order valence-corrected chi connectivity index (χ1v) is 8.16. The molecule has 1 aliphatic rings. The van der Waals surface area contributed by atoms with Crippen LogP contribution in [0.25, 0.3) is 0 Å². The van der Waals surface area contributed by atoms with Gasteiger partial charge in [0.05, 0.1) is 18.8 Å². The van der Waals surface area contributed by atoms with Crippen LogP contribution in [0.15, 0.2) is 22.7 Å². The molecule has 1 aromatic carbocycles. The fourth-order valence-corrected chi connectivity index (χ4v) is 3.23. The third kappa shape index (κ3) is 3.95. The van der Waals surface area contributed by atoms with Gasteiger partial charge in [0.15, 0.2) is 0 Å². The minimum Gasteiger partial charge on any atom is -0.374 e. The molecule has 1 aliphatic heterocycles. The molecule has 20 heavy (non-hydrogen) atoms. The molecule has 0 aliphatic carbocycles. The van der Waals surface area contributed by atoms with Crippen molar-refractivity contribution in [1.82, 2.24) is 10.2 Å². The highest BCUT2D eigenvalue weighted by atomic mass is 79.9. The highest BCUT2D eigenvalue weighted by Gasteiger charge is 2.32. The van der Waals surface area contributed by atoms with E-state index in [0.29, 0.717) is 6.04 Å². The van der Waals surface area contributed by atoms with Crippen LogP contribution in [0.4, 0.5) is 0 Å². The summed E-state index contributed by atoms with van der Waals surface area (Å²) in [6, 6.07) is 6.61. The quantitative estimate of drug-likeness (QED) is 0.888. The third-order valence-corrected chi connectivity index (χ3v) is 4.56. The SMILES string of the molecule is CC(C)NCC1OCCN(C)C1c1cc(Cl)ccc1Br. The van der Waals surface area contributed by atoms with Gasteiger partial charge in [-0.1, -0.05) is 41.4 Å². The molecular weight excluding hydrogens is 340 g/mol. The largest absolute Gasteiger partial charge is 0.374 e. The number of hydrogen-bond acceptors (Lipinski definition) is 3. The van der Waals surface area contributed by atoms with E-state index >= 15 is 0 Å². The average molecular weight is 362 g/mol. The first-order chi connectivity index (χ1) is 9.49. The Morgan fingerprint density at radius 1 is 1.50 bits per heavy atom. The highest BCUT2D eigenvalue weighted by molar-refractivity contribution is 9.10. The molecule has 1 fully saturated rings. The van der Waals surface area contributed by atoms with E-state index in [0.717, 1.165) is 29.2 Å². The topological polar surface area (TPSA) is 24.5 Å². The van der Waals surface area contributed by atoms with Crippen LogP contribution < -0.4 is 5.32 Å². The lowest BCUT2D eigenvalue weighted by Gasteiger charge is -2.40. The fourth-order valence-electron chi connectivity index (χ4n) is 2.56. The van der Waals surface area contributed by atoms with Gasteiger partial charge < -0.3 is 10.1 Å². The van der Waals surface area contributed by atoms with E-state index in [4.69, 9.17) is 16.3 Å². The van der Waals surface area contributed by atoms with Gasteiger partial charge in [-0.05, 0) is 30.8 Å². The van der Waals surface area contributed by atoms with Crippen molar-refractivity contribution in [3.63, 3.8) is 0 Å². The van der Waals surface area contributed by atoms with E-state index in [1.54, 1.807) is 0 Å². The number of likely N-dealkylation sites (N-methyl/N-ethyl adjacent to an activating group) is 1. The molecule has 0 amide bonds. The first kappa shape index (κ1) is 16.2. The molecule has 0 saturated carbocycles. The van der Waals surface area contributed by atoms with Gasteiger partial charge in [0.25, 0.3) is 0 Å². The molecule has 0 aromatic heterocycles. The summed E-state index contributed by atoms with van der Waals surface area (Å²) in [6.07, 6.45) is 0.130. The smallest absolute Gasteiger partial charge is 0.0896 e. The van der Waals surface area contributed by atoms with E-state index in [1.165, 1.54) is 5.56 Å². The van der Waals surface area contributed by atoms with Crippen molar-refractivity contribution < 1.29 is 4.74 Å². The maximum absolute atomic E-state index is 6.16. The molecule has 112 valence electrons. The first-order valence-electron chi connectivity index (χ1n) is 6.99. The molecule has 2 unspecified atom stereocenters. The van der Waals surface area contributed by atoms with Gasteiger partial charge in [-0.3, -0.25) is 4.90 Å². The summed E-state index contributed by atoms with van der Waals surface area (Å²) < 4.78 is 7.07. The van der Waals surface area contributed by atoms with Crippen LogP contribution in [-0.4, -0.2) is 43.8 Å². The van der Waals surface area contributed by atoms with Crippen LogP contribution in [0, 0.1) is 0 Å². The molecule has 1 saturated heterocycles. The van der Waals surface area contributed by atoms with Crippen molar-refractivity contribution >= 4 is 27.5 Å². The molecule has 2 rings (SSSR count). The molecule has 3 nitrogen and oxygen atoms in total. The highest BCUT2D eigenvalue weighted by Crippen LogP contribution is 2.34. The summed E-state index contributed by atoms with van der Waals surface area (Å²) in [5.41, 5.74) is 1.19. The summed E-state index contributed by atoms with van der Waals surface area (Å²) >= 11 is 9.80. The average Bonchev–Trinajstić information content (AvgIpc) is 2.39. The molecule has 0 spiro atoms. The molecule has 5 heteroatoms. The fraction of sp³-hybridized carbons (Fsp3) is 0.600. The zero-order valence-corrected chi connectivity index (χ0v) is 14.5. The minimum atomic E-state index is 0.130. The van der Waals surface area contributed by atoms with Gasteiger partial charge >= 0.3 is 0 Å². The predicted octanol–water partition coefficient (Wildman–Crippen LogP) is 3.47. The lowest BCUT2D eigenvalue weighted by molar-refractivity contribution is -0.0622. The molecule has 2 atom stereocenters. The van der Waals surface area contributed by atoms with E-state index in [2.05, 4.69) is 47.0 Å². The molecule has 1 heterocycles. The molecule has 0 radical (unpaired) electrons. The minimum absolute atomic E-state index is 0.130. The van der Waals surface area contributed by atoms with Crippen molar-refractivity contribution in [2.45, 2.75) is 32.0 Å². The second-order valence-corrected chi connectivity index (χ2v) is 6.85. The standard InChI is InChI=1S/C15H22BrClN2O/c1-10(2)18-9-14-15(19(3)6-7-20-14)12-8-11(17)4-5-13(12)16/h4-5,8,10,14-15,18H,6-7,9H2,1-3H3. The summed E-state index contributed by atoms with van der Waals surface area (Å²) in [5, 5.41) is 4.23. The van der Waals surface area contributed by atoms with Crippen molar-refractivity contribution in [3.8, 4) is 0 Å². The number of nitrogens with zero attached hydrogens (tertiary/aromatic N) is 1. The third-order valence-electron chi connectivity index (χ3n) is 3.61. The Kier molecular flexibility index (Phi) is 5.87. The van der Waals surface area contributed by atoms with Crippen LogP contribution in [0.1, 0.15) is 25.5 Å². The number of hydrogen-bond donors (Lipinski definition) is 1. The molecular formula is C15H22BrClN2O. The lowest BCUT2D eigenvalue weighted by Crippen LogP contribution is -2.48. The Labute approximate surface area is 134 Å². The van der Waals surface area contributed by atoms with Crippen LogP contribution >= 0.6 is 27.5 Å². The van der Waals surface area contributed by atoms with Gasteiger partial charge in [0, 0.05) is 28.6 Å². The molecule has 1 N–H and O–H groups in total. The zero-order valence-electron chi connectivity index (χ0n) is 12.2.